The van der Waals surface area contributed by atoms with Crippen molar-refractivity contribution >= 4 is 17.9 Å². The standard InChI is InChI=1S/C11H18N2O4/c1-3-4-5-12-11(16)13-7-8(6-9(13)14)10(15)17-2/h8H,3-7H2,1-2H3,(H,12,16). The quantitative estimate of drug-likeness (QED) is 0.576. The third kappa shape index (κ3) is 3.44. The highest BCUT2D eigenvalue weighted by atomic mass is 16.5. The van der Waals surface area contributed by atoms with Crippen molar-refractivity contribution in [3.63, 3.8) is 0 Å². The number of unbranched alkanes of at least 4 members (excludes halogenated alkanes) is 1. The zero-order chi connectivity index (χ0) is 12.8. The lowest BCUT2D eigenvalue weighted by molar-refractivity contribution is -0.145. The number of likely N-dealkylation sites (tertiary alicyclic amines) is 1. The lowest BCUT2D eigenvalue weighted by Crippen LogP contribution is -2.41. The Morgan fingerprint density at radius 3 is 2.82 bits per heavy atom. The molecule has 0 aliphatic carbocycles. The van der Waals surface area contributed by atoms with E-state index in [0.29, 0.717) is 6.54 Å². The van der Waals surface area contributed by atoms with Crippen LogP contribution in [-0.2, 0) is 14.3 Å². The minimum atomic E-state index is -0.524. The van der Waals surface area contributed by atoms with Crippen LogP contribution in [0, 0.1) is 5.92 Å². The van der Waals surface area contributed by atoms with Gasteiger partial charge < -0.3 is 10.1 Å². The van der Waals surface area contributed by atoms with Crippen LogP contribution in [0.3, 0.4) is 0 Å². The molecule has 0 aromatic heterocycles. The summed E-state index contributed by atoms with van der Waals surface area (Å²) in [6.45, 7) is 2.67. The molecule has 1 rings (SSSR count). The predicted octanol–water partition coefficient (Wildman–Crippen LogP) is 0.518. The van der Waals surface area contributed by atoms with E-state index in [-0.39, 0.29) is 18.9 Å². The average Bonchev–Trinajstić information content (AvgIpc) is 2.70. The average molecular weight is 242 g/mol. The predicted molar refractivity (Wildman–Crippen MR) is 60.1 cm³/mol. The fraction of sp³-hybridized carbons (Fsp3) is 0.727. The molecule has 1 atom stereocenters. The Hall–Kier alpha value is -1.59. The SMILES string of the molecule is CCCCNC(=O)N1CC(C(=O)OC)CC1=O. The van der Waals surface area contributed by atoms with E-state index in [1.54, 1.807) is 0 Å². The zero-order valence-corrected chi connectivity index (χ0v) is 10.2. The third-order valence-electron chi connectivity index (χ3n) is 2.71. The molecule has 0 saturated carbocycles. The number of ether oxygens (including phenoxy) is 1. The summed E-state index contributed by atoms with van der Waals surface area (Å²) in [5.41, 5.74) is 0. The molecule has 0 spiro atoms. The number of methoxy groups -OCH3 is 1. The molecule has 1 aliphatic heterocycles. The summed E-state index contributed by atoms with van der Waals surface area (Å²) in [5.74, 6) is -1.29. The molecule has 1 saturated heterocycles. The topological polar surface area (TPSA) is 75.7 Å². The van der Waals surface area contributed by atoms with Gasteiger partial charge in [-0.2, -0.15) is 0 Å². The summed E-state index contributed by atoms with van der Waals surface area (Å²) in [6.07, 6.45) is 1.89. The molecule has 1 heterocycles. The summed E-state index contributed by atoms with van der Waals surface area (Å²) in [7, 11) is 1.27. The number of nitrogens with zero attached hydrogens (tertiary/aromatic N) is 1. The van der Waals surface area contributed by atoms with Gasteiger partial charge in [0.2, 0.25) is 5.91 Å². The summed E-state index contributed by atoms with van der Waals surface area (Å²) >= 11 is 0. The lowest BCUT2D eigenvalue weighted by atomic mass is 10.1. The Morgan fingerprint density at radius 1 is 1.53 bits per heavy atom. The first-order valence-electron chi connectivity index (χ1n) is 5.76. The molecule has 1 N–H and O–H groups in total. The Balaban J connectivity index is 2.47. The fourth-order valence-electron chi connectivity index (χ4n) is 1.70. The van der Waals surface area contributed by atoms with Gasteiger partial charge in [0.1, 0.15) is 0 Å². The molecule has 1 aliphatic rings. The van der Waals surface area contributed by atoms with Crippen molar-refractivity contribution in [2.75, 3.05) is 20.2 Å². The first kappa shape index (κ1) is 13.5. The first-order chi connectivity index (χ1) is 8.10. The number of esters is 1. The summed E-state index contributed by atoms with van der Waals surface area (Å²) in [5, 5.41) is 2.65. The number of nitrogens with one attached hydrogen (secondary N) is 1. The minimum absolute atomic E-state index is 0.0495. The summed E-state index contributed by atoms with van der Waals surface area (Å²) < 4.78 is 4.56. The van der Waals surface area contributed by atoms with Crippen molar-refractivity contribution in [1.29, 1.82) is 0 Å². The maximum Gasteiger partial charge on any atom is 0.324 e. The number of rotatable bonds is 4. The maximum absolute atomic E-state index is 11.6. The Labute approximate surface area is 100 Å². The minimum Gasteiger partial charge on any atom is -0.469 e. The van der Waals surface area contributed by atoms with Gasteiger partial charge in [-0.1, -0.05) is 13.3 Å². The molecule has 6 heteroatoms. The fourth-order valence-corrected chi connectivity index (χ4v) is 1.70. The second kappa shape index (κ2) is 6.22. The molecule has 1 unspecified atom stereocenters. The van der Waals surface area contributed by atoms with Gasteiger partial charge in [0.15, 0.2) is 0 Å². The van der Waals surface area contributed by atoms with Gasteiger partial charge in [-0.15, -0.1) is 0 Å². The number of carbonyl (C=O) groups excluding carboxylic acids is 3. The molecule has 6 nitrogen and oxygen atoms in total. The monoisotopic (exact) mass is 242 g/mol. The van der Waals surface area contributed by atoms with Crippen molar-refractivity contribution in [2.45, 2.75) is 26.2 Å². The number of carbonyl (C=O) groups is 3. The number of amides is 3. The molecular weight excluding hydrogens is 224 g/mol. The highest BCUT2D eigenvalue weighted by molar-refractivity contribution is 5.98. The van der Waals surface area contributed by atoms with Crippen molar-refractivity contribution in [3.05, 3.63) is 0 Å². The van der Waals surface area contributed by atoms with E-state index < -0.39 is 17.9 Å². The van der Waals surface area contributed by atoms with E-state index in [4.69, 9.17) is 0 Å². The van der Waals surface area contributed by atoms with E-state index in [0.717, 1.165) is 17.7 Å². The molecule has 1 fully saturated rings. The van der Waals surface area contributed by atoms with Crippen LogP contribution in [0.2, 0.25) is 0 Å². The van der Waals surface area contributed by atoms with Crippen molar-refractivity contribution < 1.29 is 19.1 Å². The zero-order valence-electron chi connectivity index (χ0n) is 10.2. The van der Waals surface area contributed by atoms with Crippen LogP contribution in [0.4, 0.5) is 4.79 Å². The van der Waals surface area contributed by atoms with Crippen LogP contribution in [0.25, 0.3) is 0 Å². The van der Waals surface area contributed by atoms with E-state index >= 15 is 0 Å². The van der Waals surface area contributed by atoms with Crippen LogP contribution in [0.5, 0.6) is 0 Å². The highest BCUT2D eigenvalue weighted by Crippen LogP contribution is 2.18. The van der Waals surface area contributed by atoms with Gasteiger partial charge in [-0.25, -0.2) is 4.79 Å². The summed E-state index contributed by atoms with van der Waals surface area (Å²) in [4.78, 5) is 35.5. The number of imide groups is 1. The molecule has 17 heavy (non-hydrogen) atoms. The Bertz CT molecular complexity index is 317. The van der Waals surface area contributed by atoms with Gasteiger partial charge in [-0.3, -0.25) is 14.5 Å². The number of urea groups is 1. The largest absolute Gasteiger partial charge is 0.469 e. The van der Waals surface area contributed by atoms with Crippen LogP contribution < -0.4 is 5.32 Å². The van der Waals surface area contributed by atoms with Crippen LogP contribution in [-0.4, -0.2) is 43.0 Å². The van der Waals surface area contributed by atoms with Gasteiger partial charge in [0, 0.05) is 19.5 Å². The molecular formula is C11H18N2O4. The van der Waals surface area contributed by atoms with Gasteiger partial charge in [0.05, 0.1) is 13.0 Å². The molecule has 3 amide bonds. The van der Waals surface area contributed by atoms with E-state index in [2.05, 4.69) is 10.1 Å². The van der Waals surface area contributed by atoms with Crippen LogP contribution in [0.15, 0.2) is 0 Å². The van der Waals surface area contributed by atoms with Crippen molar-refractivity contribution in [2.24, 2.45) is 5.92 Å². The third-order valence-corrected chi connectivity index (χ3v) is 2.71. The smallest absolute Gasteiger partial charge is 0.324 e. The number of hydrogen-bond acceptors (Lipinski definition) is 4. The second-order valence-electron chi connectivity index (χ2n) is 4.01. The van der Waals surface area contributed by atoms with E-state index in [1.807, 2.05) is 6.92 Å². The molecule has 96 valence electrons. The molecule has 0 aromatic carbocycles. The van der Waals surface area contributed by atoms with E-state index in [9.17, 15) is 14.4 Å². The van der Waals surface area contributed by atoms with Crippen molar-refractivity contribution in [3.8, 4) is 0 Å². The van der Waals surface area contributed by atoms with Gasteiger partial charge in [-0.05, 0) is 6.42 Å². The van der Waals surface area contributed by atoms with Crippen molar-refractivity contribution in [1.82, 2.24) is 10.2 Å². The first-order valence-corrected chi connectivity index (χ1v) is 5.76. The Kier molecular flexibility index (Phi) is 4.93. The molecule has 0 aromatic rings. The van der Waals surface area contributed by atoms with Crippen LogP contribution >= 0.6 is 0 Å². The summed E-state index contributed by atoms with van der Waals surface area (Å²) in [6, 6.07) is -0.421. The van der Waals surface area contributed by atoms with E-state index in [1.165, 1.54) is 7.11 Å². The molecule has 0 radical (unpaired) electrons. The normalized spacial score (nSPS) is 19.3. The molecule has 0 bridgehead atoms. The van der Waals surface area contributed by atoms with Gasteiger partial charge in [0.25, 0.3) is 0 Å². The maximum atomic E-state index is 11.6. The second-order valence-corrected chi connectivity index (χ2v) is 4.01. The lowest BCUT2D eigenvalue weighted by Gasteiger charge is -2.15. The number of hydrogen-bond donors (Lipinski definition) is 1. The van der Waals surface area contributed by atoms with Gasteiger partial charge >= 0.3 is 12.0 Å². The highest BCUT2D eigenvalue weighted by Gasteiger charge is 2.38. The van der Waals surface area contributed by atoms with Crippen LogP contribution in [0.1, 0.15) is 26.2 Å². The Morgan fingerprint density at radius 2 is 2.24 bits per heavy atom.